The second-order valence-electron chi connectivity index (χ2n) is 4.35. The van der Waals surface area contributed by atoms with Gasteiger partial charge in [0.1, 0.15) is 5.82 Å². The Morgan fingerprint density at radius 2 is 2.15 bits per heavy atom. The lowest BCUT2D eigenvalue weighted by Crippen LogP contribution is -1.99. The van der Waals surface area contributed by atoms with Crippen molar-refractivity contribution in [3.05, 3.63) is 53.8 Å². The summed E-state index contributed by atoms with van der Waals surface area (Å²) in [5.41, 5.74) is 2.98. The molecule has 20 heavy (non-hydrogen) atoms. The number of hydrogen-bond donors (Lipinski definition) is 1. The molecule has 5 heteroatoms. The van der Waals surface area contributed by atoms with Gasteiger partial charge in [-0.05, 0) is 42.2 Å². The van der Waals surface area contributed by atoms with Crippen LogP contribution in [-0.2, 0) is 6.54 Å². The maximum Gasteiger partial charge on any atom is 0.150 e. The van der Waals surface area contributed by atoms with Gasteiger partial charge in [0.15, 0.2) is 4.34 Å². The normalized spacial score (nSPS) is 10.9. The van der Waals surface area contributed by atoms with Crippen LogP contribution in [-0.4, -0.2) is 11.2 Å². The molecule has 0 bridgehead atoms. The van der Waals surface area contributed by atoms with Gasteiger partial charge in [0.25, 0.3) is 0 Å². The summed E-state index contributed by atoms with van der Waals surface area (Å²) in [6.07, 6.45) is 2.03. The van der Waals surface area contributed by atoms with Crippen LogP contribution in [0, 0.1) is 5.82 Å². The number of anilines is 1. The van der Waals surface area contributed by atoms with Crippen molar-refractivity contribution in [1.82, 2.24) is 4.98 Å². The fourth-order valence-electron chi connectivity index (χ4n) is 1.95. The lowest BCUT2D eigenvalue weighted by molar-refractivity contribution is 0.626. The van der Waals surface area contributed by atoms with E-state index >= 15 is 0 Å². The van der Waals surface area contributed by atoms with Crippen LogP contribution in [0.2, 0.25) is 0 Å². The van der Waals surface area contributed by atoms with Crippen LogP contribution in [0.15, 0.2) is 46.8 Å². The molecule has 0 atom stereocenters. The standard InChI is InChI=1S/C15H13FN2S2/c1-19-15-18-13-6-5-12(8-14(13)20-15)17-9-10-3-2-4-11(16)7-10/h2-8,17H,9H2,1H3. The minimum absolute atomic E-state index is 0.202. The summed E-state index contributed by atoms with van der Waals surface area (Å²) in [6.45, 7) is 0.609. The van der Waals surface area contributed by atoms with Gasteiger partial charge in [0, 0.05) is 12.2 Å². The Labute approximate surface area is 125 Å². The van der Waals surface area contributed by atoms with Gasteiger partial charge in [-0.25, -0.2) is 9.37 Å². The number of nitrogens with zero attached hydrogens (tertiary/aromatic N) is 1. The van der Waals surface area contributed by atoms with Gasteiger partial charge < -0.3 is 5.32 Å². The number of halogens is 1. The molecule has 0 radical (unpaired) electrons. The molecule has 0 aliphatic rings. The summed E-state index contributed by atoms with van der Waals surface area (Å²) in [6, 6.07) is 12.7. The van der Waals surface area contributed by atoms with Crippen molar-refractivity contribution in [2.75, 3.05) is 11.6 Å². The number of nitrogens with one attached hydrogen (secondary N) is 1. The summed E-state index contributed by atoms with van der Waals surface area (Å²) >= 11 is 3.34. The summed E-state index contributed by atoms with van der Waals surface area (Å²) in [5, 5.41) is 3.31. The van der Waals surface area contributed by atoms with Crippen molar-refractivity contribution < 1.29 is 4.39 Å². The second kappa shape index (κ2) is 5.81. The fourth-order valence-corrected chi connectivity index (χ4v) is 3.48. The molecule has 0 saturated carbocycles. The van der Waals surface area contributed by atoms with Crippen molar-refractivity contribution in [1.29, 1.82) is 0 Å². The van der Waals surface area contributed by atoms with E-state index in [2.05, 4.69) is 16.4 Å². The molecule has 0 aliphatic heterocycles. The van der Waals surface area contributed by atoms with E-state index in [9.17, 15) is 4.39 Å². The zero-order valence-electron chi connectivity index (χ0n) is 10.9. The van der Waals surface area contributed by atoms with Crippen molar-refractivity contribution >= 4 is 39.0 Å². The Morgan fingerprint density at radius 1 is 1.25 bits per heavy atom. The van der Waals surface area contributed by atoms with Crippen molar-refractivity contribution in [2.45, 2.75) is 10.9 Å². The lowest BCUT2D eigenvalue weighted by Gasteiger charge is -2.06. The highest BCUT2D eigenvalue weighted by atomic mass is 32.2. The molecule has 102 valence electrons. The molecule has 0 spiro atoms. The smallest absolute Gasteiger partial charge is 0.150 e. The van der Waals surface area contributed by atoms with E-state index in [0.717, 1.165) is 21.1 Å². The second-order valence-corrected chi connectivity index (χ2v) is 6.43. The van der Waals surface area contributed by atoms with Gasteiger partial charge in [-0.1, -0.05) is 23.9 Å². The van der Waals surface area contributed by atoms with Crippen LogP contribution in [0.25, 0.3) is 10.2 Å². The van der Waals surface area contributed by atoms with Crippen LogP contribution in [0.4, 0.5) is 10.1 Å². The zero-order valence-corrected chi connectivity index (χ0v) is 12.5. The number of rotatable bonds is 4. The van der Waals surface area contributed by atoms with Gasteiger partial charge in [-0.2, -0.15) is 0 Å². The van der Waals surface area contributed by atoms with Gasteiger partial charge in [-0.15, -0.1) is 11.3 Å². The summed E-state index contributed by atoms with van der Waals surface area (Å²) in [4.78, 5) is 4.51. The van der Waals surface area contributed by atoms with Crippen LogP contribution < -0.4 is 5.32 Å². The number of thiazole rings is 1. The first-order chi connectivity index (χ1) is 9.74. The van der Waals surface area contributed by atoms with Gasteiger partial charge >= 0.3 is 0 Å². The van der Waals surface area contributed by atoms with Crippen molar-refractivity contribution in [2.24, 2.45) is 0 Å². The fraction of sp³-hybridized carbons (Fsp3) is 0.133. The first-order valence-electron chi connectivity index (χ1n) is 6.17. The highest BCUT2D eigenvalue weighted by molar-refractivity contribution is 8.00. The first kappa shape index (κ1) is 13.4. The summed E-state index contributed by atoms with van der Waals surface area (Å²) < 4.78 is 15.3. The minimum atomic E-state index is -0.202. The maximum atomic E-state index is 13.1. The molecule has 3 aromatic rings. The predicted octanol–water partition coefficient (Wildman–Crippen LogP) is 4.77. The lowest BCUT2D eigenvalue weighted by atomic mass is 10.2. The van der Waals surface area contributed by atoms with Crippen LogP contribution in [0.3, 0.4) is 0 Å². The molecule has 0 saturated heterocycles. The number of aromatic nitrogens is 1. The minimum Gasteiger partial charge on any atom is -0.381 e. The third-order valence-corrected chi connectivity index (χ3v) is 4.93. The highest BCUT2D eigenvalue weighted by Crippen LogP contribution is 2.30. The SMILES string of the molecule is CSc1nc2ccc(NCc3cccc(F)c3)cc2s1. The topological polar surface area (TPSA) is 24.9 Å². The summed E-state index contributed by atoms with van der Waals surface area (Å²) in [5.74, 6) is -0.202. The van der Waals surface area contributed by atoms with E-state index in [1.807, 2.05) is 24.5 Å². The Bertz CT molecular complexity index is 740. The van der Waals surface area contributed by atoms with Gasteiger partial charge in [0.2, 0.25) is 0 Å². The molecule has 0 unspecified atom stereocenters. The van der Waals surface area contributed by atoms with Crippen molar-refractivity contribution in [3.8, 4) is 0 Å². The number of hydrogen-bond acceptors (Lipinski definition) is 4. The van der Waals surface area contributed by atoms with E-state index in [-0.39, 0.29) is 5.82 Å². The molecule has 2 nitrogen and oxygen atoms in total. The molecule has 1 N–H and O–H groups in total. The number of thioether (sulfide) groups is 1. The Kier molecular flexibility index (Phi) is 3.89. The molecule has 2 aromatic carbocycles. The van der Waals surface area contributed by atoms with E-state index in [4.69, 9.17) is 0 Å². The maximum absolute atomic E-state index is 13.1. The van der Waals surface area contributed by atoms with E-state index < -0.39 is 0 Å². The monoisotopic (exact) mass is 304 g/mol. The van der Waals surface area contributed by atoms with E-state index in [0.29, 0.717) is 6.54 Å². The molecule has 3 rings (SSSR count). The average Bonchev–Trinajstić information content (AvgIpc) is 2.87. The third kappa shape index (κ3) is 2.94. The molecule has 1 aromatic heterocycles. The van der Waals surface area contributed by atoms with E-state index in [1.165, 1.54) is 10.8 Å². The first-order valence-corrected chi connectivity index (χ1v) is 8.21. The molecule has 0 fully saturated rings. The zero-order chi connectivity index (χ0) is 13.9. The Balaban J connectivity index is 1.77. The quantitative estimate of drug-likeness (QED) is 0.703. The molecule has 0 aliphatic carbocycles. The Morgan fingerprint density at radius 3 is 2.95 bits per heavy atom. The predicted molar refractivity (Wildman–Crippen MR) is 85.1 cm³/mol. The number of benzene rings is 2. The largest absolute Gasteiger partial charge is 0.381 e. The van der Waals surface area contributed by atoms with Crippen LogP contribution >= 0.6 is 23.1 Å². The van der Waals surface area contributed by atoms with Gasteiger partial charge in [0.05, 0.1) is 10.2 Å². The average molecular weight is 304 g/mol. The Hall–Kier alpha value is -1.59. The number of fused-ring (bicyclic) bond motifs is 1. The van der Waals surface area contributed by atoms with Crippen molar-refractivity contribution in [3.63, 3.8) is 0 Å². The third-order valence-electron chi connectivity index (χ3n) is 2.93. The molecule has 0 amide bonds. The molecule has 1 heterocycles. The van der Waals surface area contributed by atoms with E-state index in [1.54, 1.807) is 35.2 Å². The van der Waals surface area contributed by atoms with Crippen LogP contribution in [0.1, 0.15) is 5.56 Å². The highest BCUT2D eigenvalue weighted by Gasteiger charge is 2.04. The molecular weight excluding hydrogens is 291 g/mol. The molecular formula is C15H13FN2S2. The summed E-state index contributed by atoms with van der Waals surface area (Å²) in [7, 11) is 0. The van der Waals surface area contributed by atoms with Crippen LogP contribution in [0.5, 0.6) is 0 Å². The van der Waals surface area contributed by atoms with Gasteiger partial charge in [-0.3, -0.25) is 0 Å².